The molecule has 0 bridgehead atoms. The lowest BCUT2D eigenvalue weighted by Crippen LogP contribution is -2.13. The number of rotatable bonds is 7. The van der Waals surface area contributed by atoms with Crippen LogP contribution in [0.2, 0.25) is 0 Å². The molecule has 1 atom stereocenters. The zero-order valence-electron chi connectivity index (χ0n) is 10.7. The Balaban J connectivity index is 0. The van der Waals surface area contributed by atoms with Crippen LogP contribution < -0.4 is 0 Å². The van der Waals surface area contributed by atoms with Crippen LogP contribution in [0.3, 0.4) is 0 Å². The van der Waals surface area contributed by atoms with Gasteiger partial charge in [0.15, 0.2) is 6.29 Å². The van der Waals surface area contributed by atoms with Crippen LogP contribution in [-0.4, -0.2) is 40.8 Å². The Morgan fingerprint density at radius 2 is 1.59 bits per heavy atom. The Kier molecular flexibility index (Phi) is 14.3. The number of hydrogen-bond donors (Lipinski definition) is 3. The van der Waals surface area contributed by atoms with Crippen LogP contribution >= 0.6 is 0 Å². The highest BCUT2D eigenvalue weighted by atomic mass is 16.6. The van der Waals surface area contributed by atoms with E-state index in [0.717, 1.165) is 25.7 Å². The zero-order chi connectivity index (χ0) is 13.7. The highest BCUT2D eigenvalue weighted by Gasteiger charge is 2.04. The molecule has 0 aromatic rings. The maximum absolute atomic E-state index is 10.5. The van der Waals surface area contributed by atoms with Gasteiger partial charge in [-0.15, -0.1) is 0 Å². The lowest BCUT2D eigenvalue weighted by molar-refractivity contribution is -0.159. The first-order valence-electron chi connectivity index (χ1n) is 5.72. The van der Waals surface area contributed by atoms with Gasteiger partial charge in [-0.3, -0.25) is 0 Å². The zero-order valence-corrected chi connectivity index (χ0v) is 10.7. The van der Waals surface area contributed by atoms with Crippen molar-refractivity contribution in [1.82, 2.24) is 0 Å². The van der Waals surface area contributed by atoms with Crippen LogP contribution in [-0.2, 0) is 9.53 Å². The lowest BCUT2D eigenvalue weighted by atomic mass is 10.2. The van der Waals surface area contributed by atoms with Crippen LogP contribution in [0.4, 0.5) is 0 Å². The van der Waals surface area contributed by atoms with Crippen LogP contribution in [0, 0.1) is 0 Å². The van der Waals surface area contributed by atoms with Crippen molar-refractivity contribution in [3.8, 4) is 0 Å². The molecule has 0 aromatic carbocycles. The first-order valence-corrected chi connectivity index (χ1v) is 5.72. The van der Waals surface area contributed by atoms with Crippen LogP contribution in [0.5, 0.6) is 0 Å². The minimum Gasteiger partial charge on any atom is -0.433 e. The van der Waals surface area contributed by atoms with E-state index >= 15 is 0 Å². The third-order valence-electron chi connectivity index (χ3n) is 1.69. The molecule has 0 aliphatic rings. The molecule has 0 heterocycles. The van der Waals surface area contributed by atoms with Gasteiger partial charge in [-0.1, -0.05) is 19.4 Å². The van der Waals surface area contributed by atoms with Gasteiger partial charge in [-0.2, -0.15) is 0 Å². The Labute approximate surface area is 103 Å². The van der Waals surface area contributed by atoms with Crippen LogP contribution in [0.25, 0.3) is 0 Å². The average Bonchev–Trinajstić information content (AvgIpc) is 2.24. The molecule has 1 unspecified atom stereocenters. The predicted octanol–water partition coefficient (Wildman–Crippen LogP) is 0.975. The molecule has 0 saturated carbocycles. The highest BCUT2D eigenvalue weighted by Crippen LogP contribution is 1.96. The molecule has 0 aliphatic carbocycles. The van der Waals surface area contributed by atoms with E-state index in [1.165, 1.54) is 13.8 Å². The van der Waals surface area contributed by atoms with Crippen molar-refractivity contribution < 1.29 is 24.9 Å². The standard InChI is InChI=1S/C6H10O3.C6H14O2/c1-4(2)6(8)9-5(3)7;7-5-3-1-2-4-6-8/h5,7H,1H2,2-3H3;7-8H,1-6H2. The van der Waals surface area contributed by atoms with Gasteiger partial charge >= 0.3 is 5.97 Å². The van der Waals surface area contributed by atoms with Gasteiger partial charge in [-0.05, 0) is 26.7 Å². The molecule has 0 spiro atoms. The normalized spacial score (nSPS) is 11.1. The number of esters is 1. The molecular formula is C12H24O5. The SMILES string of the molecule is C=C(C)C(=O)OC(C)O.OCCCCCCO. The summed E-state index contributed by atoms with van der Waals surface area (Å²) in [6, 6.07) is 0. The maximum atomic E-state index is 10.5. The molecule has 0 aromatic heterocycles. The van der Waals surface area contributed by atoms with Crippen molar-refractivity contribution in [2.75, 3.05) is 13.2 Å². The van der Waals surface area contributed by atoms with E-state index in [9.17, 15) is 4.79 Å². The maximum Gasteiger partial charge on any atom is 0.335 e. The van der Waals surface area contributed by atoms with E-state index in [0.29, 0.717) is 0 Å². The minimum atomic E-state index is -1.05. The number of hydrogen-bond acceptors (Lipinski definition) is 5. The lowest BCUT2D eigenvalue weighted by Gasteiger charge is -2.04. The summed E-state index contributed by atoms with van der Waals surface area (Å²) in [6.07, 6.45) is 2.78. The number of carbonyl (C=O) groups excluding carboxylic acids is 1. The summed E-state index contributed by atoms with van der Waals surface area (Å²) in [4.78, 5) is 10.5. The summed E-state index contributed by atoms with van der Waals surface area (Å²) in [5.41, 5.74) is 0.288. The predicted molar refractivity (Wildman–Crippen MR) is 65.2 cm³/mol. The van der Waals surface area contributed by atoms with E-state index < -0.39 is 12.3 Å². The smallest absolute Gasteiger partial charge is 0.335 e. The Hall–Kier alpha value is -0.910. The van der Waals surface area contributed by atoms with Gasteiger partial charge in [0.2, 0.25) is 0 Å². The van der Waals surface area contributed by atoms with Gasteiger partial charge in [0.1, 0.15) is 0 Å². The summed E-state index contributed by atoms with van der Waals surface area (Å²) in [5.74, 6) is -0.565. The Bertz CT molecular complexity index is 195. The van der Waals surface area contributed by atoms with Gasteiger partial charge in [0.25, 0.3) is 0 Å². The topological polar surface area (TPSA) is 87.0 Å². The van der Waals surface area contributed by atoms with E-state index in [4.69, 9.17) is 15.3 Å². The van der Waals surface area contributed by atoms with Gasteiger partial charge < -0.3 is 20.1 Å². The monoisotopic (exact) mass is 248 g/mol. The van der Waals surface area contributed by atoms with Crippen molar-refractivity contribution in [3.63, 3.8) is 0 Å². The van der Waals surface area contributed by atoms with E-state index in [1.807, 2.05) is 0 Å². The van der Waals surface area contributed by atoms with Crippen molar-refractivity contribution in [2.45, 2.75) is 45.8 Å². The molecular weight excluding hydrogens is 224 g/mol. The average molecular weight is 248 g/mol. The van der Waals surface area contributed by atoms with Crippen molar-refractivity contribution in [3.05, 3.63) is 12.2 Å². The third kappa shape index (κ3) is 17.7. The molecule has 0 amide bonds. The summed E-state index contributed by atoms with van der Waals surface area (Å²) in [6.45, 7) is 6.77. The Morgan fingerprint density at radius 1 is 1.18 bits per heavy atom. The summed E-state index contributed by atoms with van der Waals surface area (Å²) in [7, 11) is 0. The fraction of sp³-hybridized carbons (Fsp3) is 0.750. The quantitative estimate of drug-likeness (QED) is 0.270. The fourth-order valence-electron chi connectivity index (χ4n) is 0.833. The summed E-state index contributed by atoms with van der Waals surface area (Å²) in [5, 5.41) is 25.1. The van der Waals surface area contributed by atoms with E-state index in [2.05, 4.69) is 11.3 Å². The number of unbranched alkanes of at least 4 members (excludes halogenated alkanes) is 3. The number of carbonyl (C=O) groups is 1. The first kappa shape index (κ1) is 18.5. The van der Waals surface area contributed by atoms with E-state index in [1.54, 1.807) is 0 Å². The molecule has 3 N–H and O–H groups in total. The number of aliphatic hydroxyl groups is 3. The van der Waals surface area contributed by atoms with Crippen LogP contribution in [0.15, 0.2) is 12.2 Å². The molecule has 17 heavy (non-hydrogen) atoms. The van der Waals surface area contributed by atoms with Crippen LogP contribution in [0.1, 0.15) is 39.5 Å². The van der Waals surface area contributed by atoms with E-state index in [-0.39, 0.29) is 18.8 Å². The molecule has 102 valence electrons. The molecule has 5 nitrogen and oxygen atoms in total. The second-order valence-corrected chi connectivity index (χ2v) is 3.65. The molecule has 5 heteroatoms. The Morgan fingerprint density at radius 3 is 1.76 bits per heavy atom. The van der Waals surface area contributed by atoms with Crippen molar-refractivity contribution in [2.24, 2.45) is 0 Å². The second-order valence-electron chi connectivity index (χ2n) is 3.65. The van der Waals surface area contributed by atoms with Gasteiger partial charge in [0.05, 0.1) is 0 Å². The first-order chi connectivity index (χ1) is 7.95. The highest BCUT2D eigenvalue weighted by molar-refractivity contribution is 5.86. The number of ether oxygens (including phenoxy) is 1. The summed E-state index contributed by atoms with van der Waals surface area (Å²) < 4.78 is 4.33. The molecule has 0 fully saturated rings. The van der Waals surface area contributed by atoms with Gasteiger partial charge in [0, 0.05) is 18.8 Å². The summed E-state index contributed by atoms with van der Waals surface area (Å²) >= 11 is 0. The van der Waals surface area contributed by atoms with Crippen molar-refractivity contribution >= 4 is 5.97 Å². The molecule has 0 radical (unpaired) electrons. The largest absolute Gasteiger partial charge is 0.433 e. The minimum absolute atomic E-state index is 0.283. The molecule has 0 rings (SSSR count). The number of aliphatic hydroxyl groups excluding tert-OH is 3. The second kappa shape index (κ2) is 13.2. The fourth-order valence-corrected chi connectivity index (χ4v) is 0.833. The molecule has 0 aliphatic heterocycles. The molecule has 0 saturated heterocycles. The van der Waals surface area contributed by atoms with Gasteiger partial charge in [-0.25, -0.2) is 4.79 Å². The van der Waals surface area contributed by atoms with Crippen molar-refractivity contribution in [1.29, 1.82) is 0 Å². The third-order valence-corrected chi connectivity index (χ3v) is 1.69.